The molecule has 0 saturated heterocycles. The summed E-state index contributed by atoms with van der Waals surface area (Å²) in [5, 5.41) is 14.8. The molecule has 0 aromatic carbocycles. The zero-order chi connectivity index (χ0) is 15.5. The second-order valence-corrected chi connectivity index (χ2v) is 5.16. The Kier molecular flexibility index (Phi) is 9.52. The van der Waals surface area contributed by atoms with E-state index in [0.29, 0.717) is 0 Å². The number of hydrogen-bond donors (Lipinski definition) is 3. The van der Waals surface area contributed by atoms with Gasteiger partial charge in [-0.1, -0.05) is 0 Å². The number of carbonyl (C=O) groups is 2. The fourth-order valence-electron chi connectivity index (χ4n) is 1.15. The minimum Gasteiger partial charge on any atom is -0.473 e. The molecule has 1 heterocycles. The lowest BCUT2D eigenvalue weighted by Crippen LogP contribution is -2.09. The number of carboxylic acid groups (broad SMARTS) is 2. The molecular formula is C12H20N2O5S. The average Bonchev–Trinajstić information content (AvgIpc) is 2.77. The van der Waals surface area contributed by atoms with Gasteiger partial charge in [0.25, 0.3) is 0 Å². The highest BCUT2D eigenvalue weighted by molar-refractivity contribution is 7.98. The summed E-state index contributed by atoms with van der Waals surface area (Å²) in [6, 6.07) is 4.08. The smallest absolute Gasteiger partial charge is 0.414 e. The van der Waals surface area contributed by atoms with Gasteiger partial charge in [-0.15, -0.1) is 0 Å². The molecule has 4 N–H and O–H groups in total. The molecule has 0 atom stereocenters. The van der Waals surface area contributed by atoms with E-state index in [1.165, 1.54) is 0 Å². The molecule has 8 heteroatoms. The number of hydrogen-bond acceptors (Lipinski definition) is 6. The maximum absolute atomic E-state index is 9.10. The van der Waals surface area contributed by atoms with Gasteiger partial charge in [0.1, 0.15) is 11.5 Å². The van der Waals surface area contributed by atoms with Gasteiger partial charge in [-0.25, -0.2) is 9.59 Å². The Labute approximate surface area is 121 Å². The van der Waals surface area contributed by atoms with Crippen molar-refractivity contribution in [2.75, 3.05) is 26.4 Å². The molecule has 0 radical (unpaired) electrons. The Bertz CT molecular complexity index is 408. The summed E-state index contributed by atoms with van der Waals surface area (Å²) >= 11 is 1.81. The van der Waals surface area contributed by atoms with Crippen molar-refractivity contribution in [1.29, 1.82) is 0 Å². The van der Waals surface area contributed by atoms with Crippen molar-refractivity contribution in [2.45, 2.75) is 12.3 Å². The molecule has 0 fully saturated rings. The molecule has 0 bridgehead atoms. The standard InChI is InChI=1S/C10H18N2OS.C2H2O4/c1-12(2)7-9-3-4-10(13-9)8-14-6-5-11;3-1(4)2(5)6/h3-4H,5-8,11H2,1-2H3;(H,3,4)(H,5,6). The number of rotatable bonds is 6. The molecule has 7 nitrogen and oxygen atoms in total. The summed E-state index contributed by atoms with van der Waals surface area (Å²) in [7, 11) is 4.07. The summed E-state index contributed by atoms with van der Waals surface area (Å²) < 4.78 is 5.64. The summed E-state index contributed by atoms with van der Waals surface area (Å²) in [6.07, 6.45) is 0. The Morgan fingerprint density at radius 3 is 2.25 bits per heavy atom. The van der Waals surface area contributed by atoms with Crippen LogP contribution in [-0.4, -0.2) is 53.4 Å². The van der Waals surface area contributed by atoms with Crippen molar-refractivity contribution in [3.63, 3.8) is 0 Å². The van der Waals surface area contributed by atoms with Crippen LogP contribution >= 0.6 is 11.8 Å². The van der Waals surface area contributed by atoms with Crippen LogP contribution in [0.3, 0.4) is 0 Å². The minimum atomic E-state index is -1.82. The van der Waals surface area contributed by atoms with Gasteiger partial charge in [0.2, 0.25) is 0 Å². The quantitative estimate of drug-likeness (QED) is 0.519. The number of carboxylic acids is 2. The van der Waals surface area contributed by atoms with Gasteiger partial charge in [-0.2, -0.15) is 11.8 Å². The summed E-state index contributed by atoms with van der Waals surface area (Å²) in [5.74, 6) is 0.331. The van der Waals surface area contributed by atoms with Gasteiger partial charge in [0.15, 0.2) is 0 Å². The van der Waals surface area contributed by atoms with Crippen LogP contribution in [0.25, 0.3) is 0 Å². The fourth-order valence-corrected chi connectivity index (χ4v) is 1.82. The van der Waals surface area contributed by atoms with E-state index in [1.54, 1.807) is 11.8 Å². The van der Waals surface area contributed by atoms with Crippen molar-refractivity contribution in [1.82, 2.24) is 4.90 Å². The van der Waals surface area contributed by atoms with Crippen molar-refractivity contribution in [3.05, 3.63) is 23.7 Å². The topological polar surface area (TPSA) is 117 Å². The van der Waals surface area contributed by atoms with Crippen LogP contribution in [0.5, 0.6) is 0 Å². The van der Waals surface area contributed by atoms with Crippen LogP contribution < -0.4 is 5.73 Å². The summed E-state index contributed by atoms with van der Waals surface area (Å²) in [6.45, 7) is 1.59. The molecule has 0 unspecified atom stereocenters. The molecule has 1 rings (SSSR count). The first-order chi connectivity index (χ1) is 9.36. The highest BCUT2D eigenvalue weighted by Gasteiger charge is 2.04. The van der Waals surface area contributed by atoms with Crippen molar-refractivity contribution in [2.24, 2.45) is 5.73 Å². The third-order valence-corrected chi connectivity index (χ3v) is 2.89. The Morgan fingerprint density at radius 2 is 1.80 bits per heavy atom. The molecule has 1 aromatic rings. The zero-order valence-electron chi connectivity index (χ0n) is 11.5. The fraction of sp³-hybridized carbons (Fsp3) is 0.500. The van der Waals surface area contributed by atoms with Crippen LogP contribution in [0.15, 0.2) is 16.5 Å². The van der Waals surface area contributed by atoms with Gasteiger partial charge in [0.05, 0.1) is 12.3 Å². The molecule has 0 spiro atoms. The molecule has 0 saturated carbocycles. The first-order valence-corrected chi connectivity index (χ1v) is 6.98. The number of furan rings is 1. The van der Waals surface area contributed by atoms with E-state index in [-0.39, 0.29) is 0 Å². The lowest BCUT2D eigenvalue weighted by atomic mass is 10.4. The van der Waals surface area contributed by atoms with Crippen LogP contribution in [0.4, 0.5) is 0 Å². The maximum Gasteiger partial charge on any atom is 0.414 e. The van der Waals surface area contributed by atoms with E-state index < -0.39 is 11.9 Å². The molecule has 0 aliphatic carbocycles. The van der Waals surface area contributed by atoms with E-state index >= 15 is 0 Å². The Morgan fingerprint density at radius 1 is 1.25 bits per heavy atom. The predicted octanol–water partition coefficient (Wildman–Crippen LogP) is 0.689. The molecule has 0 aliphatic heterocycles. The zero-order valence-corrected chi connectivity index (χ0v) is 12.4. The van der Waals surface area contributed by atoms with E-state index in [2.05, 4.69) is 4.90 Å². The molecule has 0 amide bonds. The third kappa shape index (κ3) is 9.42. The van der Waals surface area contributed by atoms with E-state index in [1.807, 2.05) is 26.2 Å². The summed E-state index contributed by atoms with van der Waals surface area (Å²) in [5.41, 5.74) is 5.41. The number of nitrogens with two attached hydrogens (primary N) is 1. The Balaban J connectivity index is 0.000000511. The summed E-state index contributed by atoms with van der Waals surface area (Å²) in [4.78, 5) is 20.3. The van der Waals surface area contributed by atoms with Crippen molar-refractivity contribution < 1.29 is 24.2 Å². The first kappa shape index (κ1) is 18.5. The largest absolute Gasteiger partial charge is 0.473 e. The number of nitrogens with zero attached hydrogens (tertiary/aromatic N) is 1. The van der Waals surface area contributed by atoms with Crippen LogP contribution in [0.1, 0.15) is 11.5 Å². The van der Waals surface area contributed by atoms with Crippen LogP contribution in [0.2, 0.25) is 0 Å². The Hall–Kier alpha value is -1.51. The molecule has 20 heavy (non-hydrogen) atoms. The minimum absolute atomic E-state index is 0.732. The van der Waals surface area contributed by atoms with E-state index in [9.17, 15) is 0 Å². The third-order valence-electron chi connectivity index (χ3n) is 1.88. The van der Waals surface area contributed by atoms with Crippen molar-refractivity contribution in [3.8, 4) is 0 Å². The average molecular weight is 304 g/mol. The second-order valence-electron chi connectivity index (χ2n) is 4.06. The second kappa shape index (κ2) is 10.3. The van der Waals surface area contributed by atoms with Gasteiger partial charge in [0, 0.05) is 12.3 Å². The van der Waals surface area contributed by atoms with Gasteiger partial charge >= 0.3 is 11.9 Å². The van der Waals surface area contributed by atoms with E-state index in [0.717, 1.165) is 36.1 Å². The van der Waals surface area contributed by atoms with Crippen LogP contribution in [0, 0.1) is 0 Å². The SMILES string of the molecule is CN(C)Cc1ccc(CSCCN)o1.O=C(O)C(=O)O. The normalized spacial score (nSPS) is 10.0. The number of thioether (sulfide) groups is 1. The predicted molar refractivity (Wildman–Crippen MR) is 76.6 cm³/mol. The van der Waals surface area contributed by atoms with Gasteiger partial charge < -0.3 is 25.3 Å². The first-order valence-electron chi connectivity index (χ1n) is 5.83. The highest BCUT2D eigenvalue weighted by Crippen LogP contribution is 2.15. The molecular weight excluding hydrogens is 284 g/mol. The van der Waals surface area contributed by atoms with E-state index in [4.69, 9.17) is 30.0 Å². The van der Waals surface area contributed by atoms with Crippen molar-refractivity contribution >= 4 is 23.7 Å². The lowest BCUT2D eigenvalue weighted by Gasteiger charge is -2.05. The monoisotopic (exact) mass is 304 g/mol. The van der Waals surface area contributed by atoms with Gasteiger partial charge in [-0.3, -0.25) is 0 Å². The van der Waals surface area contributed by atoms with Crippen LogP contribution in [-0.2, 0) is 21.9 Å². The molecule has 114 valence electrons. The maximum atomic E-state index is 9.10. The number of aliphatic carboxylic acids is 2. The molecule has 0 aliphatic rings. The van der Waals surface area contributed by atoms with Gasteiger partial charge in [-0.05, 0) is 26.2 Å². The molecule has 1 aromatic heterocycles. The lowest BCUT2D eigenvalue weighted by molar-refractivity contribution is -0.159. The highest BCUT2D eigenvalue weighted by atomic mass is 32.2.